The highest BCUT2D eigenvalue weighted by Crippen LogP contribution is 2.34. The van der Waals surface area contributed by atoms with Gasteiger partial charge in [0, 0.05) is 61.3 Å². The van der Waals surface area contributed by atoms with E-state index in [1.807, 2.05) is 48.6 Å². The summed E-state index contributed by atoms with van der Waals surface area (Å²) in [4.78, 5) is 22.7. The van der Waals surface area contributed by atoms with Gasteiger partial charge in [-0.15, -0.1) is 0 Å². The van der Waals surface area contributed by atoms with Gasteiger partial charge in [-0.2, -0.15) is 5.10 Å². The lowest BCUT2D eigenvalue weighted by Crippen LogP contribution is -2.39. The van der Waals surface area contributed by atoms with Gasteiger partial charge < -0.3 is 20.9 Å². The van der Waals surface area contributed by atoms with Crippen LogP contribution in [0, 0.1) is 6.92 Å². The van der Waals surface area contributed by atoms with Gasteiger partial charge in [-0.05, 0) is 50.8 Å². The Balaban J connectivity index is 0.00000141. The Morgan fingerprint density at radius 1 is 1.17 bits per heavy atom. The Morgan fingerprint density at radius 3 is 2.69 bits per heavy atom. The van der Waals surface area contributed by atoms with Crippen LogP contribution in [-0.2, 0) is 0 Å². The van der Waals surface area contributed by atoms with Crippen molar-refractivity contribution < 1.29 is 4.79 Å². The first-order valence-corrected chi connectivity index (χ1v) is 13.0. The minimum Gasteiger partial charge on any atom is -0.387 e. The van der Waals surface area contributed by atoms with E-state index in [9.17, 15) is 4.79 Å². The molecule has 2 aromatic heterocycles. The van der Waals surface area contributed by atoms with Crippen molar-refractivity contribution in [1.82, 2.24) is 19.5 Å². The van der Waals surface area contributed by atoms with Gasteiger partial charge in [-0.1, -0.05) is 25.4 Å². The van der Waals surface area contributed by atoms with Crippen molar-refractivity contribution in [1.29, 1.82) is 0 Å². The first-order chi connectivity index (χ1) is 16.9. The molecule has 0 saturated carbocycles. The van der Waals surface area contributed by atoms with E-state index in [1.54, 1.807) is 12.1 Å². The highest BCUT2D eigenvalue weighted by Gasteiger charge is 2.32. The predicted octanol–water partition coefficient (Wildman–Crippen LogP) is 4.66. The molecular weight excluding hydrogens is 462 g/mol. The zero-order valence-corrected chi connectivity index (χ0v) is 21.8. The molecule has 0 aliphatic carbocycles. The summed E-state index contributed by atoms with van der Waals surface area (Å²) in [6, 6.07) is 7.49. The smallest absolute Gasteiger partial charge is 0.256 e. The van der Waals surface area contributed by atoms with Crippen LogP contribution in [0.15, 0.2) is 30.5 Å². The van der Waals surface area contributed by atoms with E-state index in [2.05, 4.69) is 17.1 Å². The highest BCUT2D eigenvalue weighted by atomic mass is 35.5. The van der Waals surface area contributed by atoms with E-state index < -0.39 is 0 Å². The lowest BCUT2D eigenvalue weighted by molar-refractivity contribution is 0.0606. The number of carbonyl (C=O) groups is 1. The summed E-state index contributed by atoms with van der Waals surface area (Å²) in [5.41, 5.74) is 10.2. The average molecular weight is 498 g/mol. The molecule has 4 heterocycles. The lowest BCUT2D eigenvalue weighted by atomic mass is 9.98. The summed E-state index contributed by atoms with van der Waals surface area (Å²) in [6.07, 6.45) is 5.91. The van der Waals surface area contributed by atoms with Gasteiger partial charge in [0.1, 0.15) is 5.82 Å². The Labute approximate surface area is 212 Å². The van der Waals surface area contributed by atoms with Gasteiger partial charge in [0.05, 0.1) is 17.3 Å². The fourth-order valence-corrected chi connectivity index (χ4v) is 5.20. The van der Waals surface area contributed by atoms with Crippen LogP contribution in [0.1, 0.15) is 67.2 Å². The Bertz CT molecular complexity index is 1190. The molecule has 2 saturated heterocycles. The number of nitrogens with one attached hydrogen (secondary N) is 1. The quantitative estimate of drug-likeness (QED) is 0.544. The number of aromatic nitrogens is 3. The standard InChI is InChI=1S/C24H30ClN7O.C2H6/c1-15-13-32-22(28-23(15)30-10-8-17(26)14-30)12-20(29-32)21-5-3-4-9-31(21)24(33)18-11-16(25)6-7-19(18)27-2;1-2/h6-7,11-13,17,21,27H,3-5,8-10,14,26H2,1-2H3;1-2H3/t17-,21+;/m1./s1. The van der Waals surface area contributed by atoms with Gasteiger partial charge in [0.2, 0.25) is 0 Å². The van der Waals surface area contributed by atoms with Crippen molar-refractivity contribution in [3.63, 3.8) is 0 Å². The monoisotopic (exact) mass is 497 g/mol. The number of anilines is 2. The number of hydrogen-bond donors (Lipinski definition) is 2. The molecule has 0 radical (unpaired) electrons. The van der Waals surface area contributed by atoms with Gasteiger partial charge >= 0.3 is 0 Å². The summed E-state index contributed by atoms with van der Waals surface area (Å²) in [6.45, 7) is 8.49. The van der Waals surface area contributed by atoms with Gasteiger partial charge in [0.15, 0.2) is 5.65 Å². The van der Waals surface area contributed by atoms with Gasteiger partial charge in [-0.25, -0.2) is 9.50 Å². The first-order valence-electron chi connectivity index (χ1n) is 12.6. The molecule has 0 spiro atoms. The highest BCUT2D eigenvalue weighted by molar-refractivity contribution is 6.31. The second-order valence-electron chi connectivity index (χ2n) is 9.06. The fraction of sp³-hybridized carbons (Fsp3) is 0.500. The van der Waals surface area contributed by atoms with E-state index in [0.717, 1.165) is 67.2 Å². The SMILES string of the molecule is CC.CNc1ccc(Cl)cc1C(=O)N1CCCC[C@H]1c1cc2nc(N3CC[C@@H](N)C3)c(C)cn2n1. The molecule has 1 aromatic carbocycles. The van der Waals surface area contributed by atoms with Crippen molar-refractivity contribution in [3.8, 4) is 0 Å². The number of nitrogens with two attached hydrogens (primary N) is 1. The first kappa shape index (κ1) is 25.3. The van der Waals surface area contributed by atoms with E-state index in [4.69, 9.17) is 27.4 Å². The zero-order chi connectivity index (χ0) is 25.1. The van der Waals surface area contributed by atoms with Crippen LogP contribution < -0.4 is 16.0 Å². The summed E-state index contributed by atoms with van der Waals surface area (Å²) in [5, 5.41) is 8.50. The number of carbonyl (C=O) groups excluding carboxylic acids is 1. The molecule has 35 heavy (non-hydrogen) atoms. The number of nitrogens with zero attached hydrogens (tertiary/aromatic N) is 5. The summed E-state index contributed by atoms with van der Waals surface area (Å²) < 4.78 is 1.83. The van der Waals surface area contributed by atoms with Crippen molar-refractivity contribution in [2.45, 2.75) is 58.5 Å². The second kappa shape index (κ2) is 10.8. The van der Waals surface area contributed by atoms with Crippen LogP contribution in [0.4, 0.5) is 11.5 Å². The third-order valence-corrected chi connectivity index (χ3v) is 6.97. The number of benzene rings is 1. The minimum atomic E-state index is -0.0967. The van der Waals surface area contributed by atoms with Crippen LogP contribution in [0.2, 0.25) is 5.02 Å². The van der Waals surface area contributed by atoms with Crippen molar-refractivity contribution in [2.75, 3.05) is 36.9 Å². The van der Waals surface area contributed by atoms with E-state index in [1.165, 1.54) is 0 Å². The fourth-order valence-electron chi connectivity index (χ4n) is 5.03. The minimum absolute atomic E-state index is 0.0283. The Hall–Kier alpha value is -2.84. The van der Waals surface area contributed by atoms with E-state index in [-0.39, 0.29) is 18.0 Å². The van der Waals surface area contributed by atoms with Crippen LogP contribution in [0.25, 0.3) is 5.65 Å². The van der Waals surface area contributed by atoms with Crippen molar-refractivity contribution in [2.24, 2.45) is 5.73 Å². The number of hydrogen-bond acceptors (Lipinski definition) is 6. The normalized spacial score (nSPS) is 20.1. The summed E-state index contributed by atoms with van der Waals surface area (Å²) in [5.74, 6) is 0.940. The third kappa shape index (κ3) is 5.09. The van der Waals surface area contributed by atoms with Gasteiger partial charge in [-0.3, -0.25) is 4.79 Å². The molecular formula is C26H36ClN7O. The molecule has 8 nitrogen and oxygen atoms in total. The molecule has 188 valence electrons. The molecule has 2 fully saturated rings. The number of amides is 1. The molecule has 0 bridgehead atoms. The number of halogens is 1. The summed E-state index contributed by atoms with van der Waals surface area (Å²) >= 11 is 6.22. The predicted molar refractivity (Wildman–Crippen MR) is 143 cm³/mol. The van der Waals surface area contributed by atoms with Crippen molar-refractivity contribution in [3.05, 3.63) is 52.3 Å². The lowest BCUT2D eigenvalue weighted by Gasteiger charge is -2.35. The van der Waals surface area contributed by atoms with Crippen LogP contribution in [0.3, 0.4) is 0 Å². The Kier molecular flexibility index (Phi) is 7.82. The molecule has 2 aliphatic heterocycles. The van der Waals surface area contributed by atoms with E-state index in [0.29, 0.717) is 17.1 Å². The molecule has 9 heteroatoms. The third-order valence-electron chi connectivity index (χ3n) is 6.73. The molecule has 5 rings (SSSR count). The van der Waals surface area contributed by atoms with E-state index >= 15 is 0 Å². The maximum absolute atomic E-state index is 13.6. The molecule has 2 atom stereocenters. The molecule has 0 unspecified atom stereocenters. The molecule has 3 aromatic rings. The number of fused-ring (bicyclic) bond motifs is 1. The molecule has 1 amide bonds. The average Bonchev–Trinajstić information content (AvgIpc) is 3.49. The largest absolute Gasteiger partial charge is 0.387 e. The number of rotatable bonds is 4. The molecule has 2 aliphatic rings. The molecule has 3 N–H and O–H groups in total. The summed E-state index contributed by atoms with van der Waals surface area (Å²) in [7, 11) is 1.81. The van der Waals surface area contributed by atoms with Crippen LogP contribution in [0.5, 0.6) is 0 Å². The maximum Gasteiger partial charge on any atom is 0.256 e. The topological polar surface area (TPSA) is 91.8 Å². The van der Waals surface area contributed by atoms with Crippen molar-refractivity contribution >= 4 is 34.7 Å². The maximum atomic E-state index is 13.6. The number of piperidine rings is 1. The second-order valence-corrected chi connectivity index (χ2v) is 9.50. The van der Waals surface area contributed by atoms with Crippen LogP contribution >= 0.6 is 11.6 Å². The van der Waals surface area contributed by atoms with Gasteiger partial charge in [0.25, 0.3) is 5.91 Å². The van der Waals surface area contributed by atoms with Crippen LogP contribution in [-0.4, -0.2) is 58.1 Å². The number of aryl methyl sites for hydroxylation is 1. The number of likely N-dealkylation sites (tertiary alicyclic amines) is 1. The Morgan fingerprint density at radius 2 is 1.97 bits per heavy atom. The zero-order valence-electron chi connectivity index (χ0n) is 21.1.